The molecule has 10 heteroatoms. The van der Waals surface area contributed by atoms with Crippen LogP contribution in [0, 0.1) is 0 Å². The predicted molar refractivity (Wildman–Crippen MR) is 143 cm³/mol. The number of rotatable bonds is 10. The maximum Gasteiger partial charge on any atom is 0.264 e. The lowest BCUT2D eigenvalue weighted by Gasteiger charge is -2.33. The van der Waals surface area contributed by atoms with Crippen LogP contribution < -0.4 is 9.62 Å². The SMILES string of the molecule is CC[C@H](C(=O)NC)N(Cc1ccccc1Cl)C(=O)CN(c1ccccc1)S(=O)(=O)c1ccc(Cl)cc1. The highest BCUT2D eigenvalue weighted by Crippen LogP contribution is 2.26. The lowest BCUT2D eigenvalue weighted by Crippen LogP contribution is -2.51. The highest BCUT2D eigenvalue weighted by Gasteiger charge is 2.33. The third-order valence-electron chi connectivity index (χ3n) is 5.66. The molecule has 0 aliphatic heterocycles. The number of halogens is 2. The molecule has 3 rings (SSSR count). The van der Waals surface area contributed by atoms with Crippen molar-refractivity contribution in [3.8, 4) is 0 Å². The zero-order valence-electron chi connectivity index (χ0n) is 19.9. The van der Waals surface area contributed by atoms with Gasteiger partial charge in [-0.15, -0.1) is 0 Å². The van der Waals surface area contributed by atoms with E-state index >= 15 is 0 Å². The topological polar surface area (TPSA) is 86.8 Å². The number of nitrogens with one attached hydrogen (secondary N) is 1. The van der Waals surface area contributed by atoms with Crippen molar-refractivity contribution in [1.82, 2.24) is 10.2 Å². The van der Waals surface area contributed by atoms with Gasteiger partial charge >= 0.3 is 0 Å². The molecule has 0 spiro atoms. The number of hydrogen-bond acceptors (Lipinski definition) is 4. The van der Waals surface area contributed by atoms with Gasteiger partial charge in [0.25, 0.3) is 10.0 Å². The van der Waals surface area contributed by atoms with Gasteiger partial charge in [-0.1, -0.05) is 66.5 Å². The Bertz CT molecular complexity index is 1300. The molecule has 0 aromatic heterocycles. The Morgan fingerprint density at radius 3 is 2.11 bits per heavy atom. The summed E-state index contributed by atoms with van der Waals surface area (Å²) in [6.45, 7) is 1.30. The van der Waals surface area contributed by atoms with Gasteiger partial charge < -0.3 is 10.2 Å². The molecule has 36 heavy (non-hydrogen) atoms. The molecular formula is C26H27Cl2N3O4S. The standard InChI is InChI=1S/C26H27Cl2N3O4S/c1-3-24(26(33)29-2)30(17-19-9-7-8-12-23(19)28)25(32)18-31(21-10-5-4-6-11-21)36(34,35)22-15-13-20(27)14-16-22/h4-16,24H,3,17-18H2,1-2H3,(H,29,33)/t24-/m1/s1. The molecule has 0 bridgehead atoms. The molecule has 190 valence electrons. The summed E-state index contributed by atoms with van der Waals surface area (Å²) in [5.41, 5.74) is 0.952. The van der Waals surface area contributed by atoms with E-state index in [1.54, 1.807) is 61.5 Å². The quantitative estimate of drug-likeness (QED) is 0.397. The van der Waals surface area contributed by atoms with Crippen LogP contribution in [0.3, 0.4) is 0 Å². The van der Waals surface area contributed by atoms with E-state index in [0.29, 0.717) is 27.7 Å². The Labute approximate surface area is 221 Å². The second-order valence-corrected chi connectivity index (χ2v) is 10.7. The van der Waals surface area contributed by atoms with Crippen molar-refractivity contribution in [1.29, 1.82) is 0 Å². The Balaban J connectivity index is 2.04. The molecule has 0 heterocycles. The minimum absolute atomic E-state index is 0.0143. The number of carbonyl (C=O) groups is 2. The molecule has 0 fully saturated rings. The molecule has 0 radical (unpaired) electrons. The second-order valence-electron chi connectivity index (χ2n) is 7.95. The number of para-hydroxylation sites is 1. The summed E-state index contributed by atoms with van der Waals surface area (Å²) < 4.78 is 28.3. The molecule has 2 amide bonds. The fraction of sp³-hybridized carbons (Fsp3) is 0.231. The number of benzene rings is 3. The van der Waals surface area contributed by atoms with Crippen LogP contribution in [0.15, 0.2) is 83.8 Å². The first-order valence-electron chi connectivity index (χ1n) is 11.3. The summed E-state index contributed by atoms with van der Waals surface area (Å²) in [5, 5.41) is 3.42. The van der Waals surface area contributed by atoms with Gasteiger partial charge in [0.2, 0.25) is 11.8 Å². The van der Waals surface area contributed by atoms with Crippen LogP contribution >= 0.6 is 23.2 Å². The van der Waals surface area contributed by atoms with Crippen molar-refractivity contribution >= 4 is 50.7 Å². The lowest BCUT2D eigenvalue weighted by atomic mass is 10.1. The molecule has 0 aliphatic carbocycles. The van der Waals surface area contributed by atoms with Gasteiger partial charge in [0.1, 0.15) is 12.6 Å². The number of nitrogens with zero attached hydrogens (tertiary/aromatic N) is 2. The van der Waals surface area contributed by atoms with E-state index in [0.717, 1.165) is 4.31 Å². The molecule has 0 saturated carbocycles. The highest BCUT2D eigenvalue weighted by molar-refractivity contribution is 7.92. The molecule has 7 nitrogen and oxygen atoms in total. The molecular weight excluding hydrogens is 521 g/mol. The molecule has 3 aromatic carbocycles. The van der Waals surface area contributed by atoms with Gasteiger partial charge in [-0.3, -0.25) is 13.9 Å². The predicted octanol–water partition coefficient (Wildman–Crippen LogP) is 4.74. The van der Waals surface area contributed by atoms with E-state index in [-0.39, 0.29) is 17.3 Å². The maximum atomic E-state index is 13.8. The van der Waals surface area contributed by atoms with Crippen molar-refractivity contribution in [3.63, 3.8) is 0 Å². The first-order chi connectivity index (χ1) is 17.2. The average molecular weight is 548 g/mol. The molecule has 1 atom stereocenters. The number of amides is 2. The third-order valence-corrected chi connectivity index (χ3v) is 8.06. The first-order valence-corrected chi connectivity index (χ1v) is 13.5. The Morgan fingerprint density at radius 1 is 0.917 bits per heavy atom. The van der Waals surface area contributed by atoms with Gasteiger partial charge in [0.05, 0.1) is 10.6 Å². The van der Waals surface area contributed by atoms with Crippen molar-refractivity contribution < 1.29 is 18.0 Å². The first kappa shape index (κ1) is 27.5. The van der Waals surface area contributed by atoms with Gasteiger partial charge in [-0.2, -0.15) is 0 Å². The summed E-state index contributed by atoms with van der Waals surface area (Å²) in [6.07, 6.45) is 0.325. The van der Waals surface area contributed by atoms with Crippen LogP contribution in [0.25, 0.3) is 0 Å². The zero-order chi connectivity index (χ0) is 26.3. The molecule has 0 unspecified atom stereocenters. The lowest BCUT2D eigenvalue weighted by molar-refractivity contribution is -0.140. The highest BCUT2D eigenvalue weighted by atomic mass is 35.5. The zero-order valence-corrected chi connectivity index (χ0v) is 22.2. The normalized spacial score (nSPS) is 12.0. The van der Waals surface area contributed by atoms with E-state index in [4.69, 9.17) is 23.2 Å². The van der Waals surface area contributed by atoms with E-state index in [9.17, 15) is 18.0 Å². The number of carbonyl (C=O) groups excluding carboxylic acids is 2. The van der Waals surface area contributed by atoms with Gasteiger partial charge in [-0.25, -0.2) is 8.42 Å². The van der Waals surface area contributed by atoms with E-state index in [2.05, 4.69) is 5.32 Å². The van der Waals surface area contributed by atoms with Crippen molar-refractivity contribution in [2.45, 2.75) is 30.8 Å². The summed E-state index contributed by atoms with van der Waals surface area (Å²) in [6, 6.07) is 20.2. The number of hydrogen-bond donors (Lipinski definition) is 1. The van der Waals surface area contributed by atoms with E-state index in [1.165, 1.54) is 36.2 Å². The van der Waals surface area contributed by atoms with Gasteiger partial charge in [-0.05, 0) is 54.4 Å². The number of likely N-dealkylation sites (N-methyl/N-ethyl adjacent to an activating group) is 1. The Hall–Kier alpha value is -3.07. The Kier molecular flexibility index (Phi) is 9.37. The molecule has 3 aromatic rings. The molecule has 0 saturated heterocycles. The minimum Gasteiger partial charge on any atom is -0.357 e. The van der Waals surface area contributed by atoms with Crippen LogP contribution in [0.4, 0.5) is 5.69 Å². The summed E-state index contributed by atoms with van der Waals surface area (Å²) in [7, 11) is -2.65. The van der Waals surface area contributed by atoms with Gasteiger partial charge in [0, 0.05) is 23.6 Å². The fourth-order valence-corrected chi connectivity index (χ4v) is 5.49. The third kappa shape index (κ3) is 6.37. The van der Waals surface area contributed by atoms with Crippen molar-refractivity contribution in [2.24, 2.45) is 0 Å². The van der Waals surface area contributed by atoms with Crippen LogP contribution in [0.5, 0.6) is 0 Å². The number of anilines is 1. The maximum absolute atomic E-state index is 13.8. The molecule has 0 aliphatic rings. The monoisotopic (exact) mass is 547 g/mol. The smallest absolute Gasteiger partial charge is 0.264 e. The Morgan fingerprint density at radius 2 is 1.53 bits per heavy atom. The average Bonchev–Trinajstić information content (AvgIpc) is 2.88. The number of sulfonamides is 1. The molecule has 1 N–H and O–H groups in total. The van der Waals surface area contributed by atoms with Crippen molar-refractivity contribution in [3.05, 3.63) is 94.5 Å². The summed E-state index contributed by atoms with van der Waals surface area (Å²) >= 11 is 12.3. The second kappa shape index (κ2) is 12.3. The summed E-state index contributed by atoms with van der Waals surface area (Å²) in [5.74, 6) is -0.906. The van der Waals surface area contributed by atoms with E-state index in [1.807, 2.05) is 0 Å². The van der Waals surface area contributed by atoms with Crippen LogP contribution in [-0.2, 0) is 26.2 Å². The summed E-state index contributed by atoms with van der Waals surface area (Å²) in [4.78, 5) is 27.8. The van der Waals surface area contributed by atoms with Gasteiger partial charge in [0.15, 0.2) is 0 Å². The minimum atomic E-state index is -4.14. The van der Waals surface area contributed by atoms with Crippen LogP contribution in [0.2, 0.25) is 10.0 Å². The van der Waals surface area contributed by atoms with Crippen molar-refractivity contribution in [2.75, 3.05) is 17.9 Å². The van der Waals surface area contributed by atoms with E-state index < -0.39 is 28.5 Å². The van der Waals surface area contributed by atoms with Crippen LogP contribution in [0.1, 0.15) is 18.9 Å². The van der Waals surface area contributed by atoms with Crippen LogP contribution in [-0.4, -0.2) is 44.8 Å². The largest absolute Gasteiger partial charge is 0.357 e. The fourth-order valence-electron chi connectivity index (χ4n) is 3.75.